The molecule has 0 aliphatic heterocycles. The average Bonchev–Trinajstić information content (AvgIpc) is 3.32. The van der Waals surface area contributed by atoms with Crippen LogP contribution in [0.1, 0.15) is 23.0 Å². The van der Waals surface area contributed by atoms with Crippen LogP contribution < -0.4 is 20.7 Å². The van der Waals surface area contributed by atoms with Gasteiger partial charge in [-0.25, -0.2) is 4.99 Å². The van der Waals surface area contributed by atoms with E-state index < -0.39 is 0 Å². The molecular formula is C23H26N4O3. The van der Waals surface area contributed by atoms with Crippen LogP contribution in [0.5, 0.6) is 5.75 Å². The Morgan fingerprint density at radius 1 is 1.00 bits per heavy atom. The van der Waals surface area contributed by atoms with E-state index >= 15 is 0 Å². The number of carbonyl (C=O) groups is 1. The number of hydrogen-bond acceptors (Lipinski definition) is 4. The molecule has 0 unspecified atom stereocenters. The molecule has 30 heavy (non-hydrogen) atoms. The van der Waals surface area contributed by atoms with Crippen molar-refractivity contribution in [3.8, 4) is 5.75 Å². The first-order chi connectivity index (χ1) is 14.7. The van der Waals surface area contributed by atoms with Crippen molar-refractivity contribution in [2.45, 2.75) is 13.5 Å². The summed E-state index contributed by atoms with van der Waals surface area (Å²) < 4.78 is 10.8. The van der Waals surface area contributed by atoms with Crippen molar-refractivity contribution in [3.63, 3.8) is 0 Å². The Kier molecular flexibility index (Phi) is 7.91. The highest BCUT2D eigenvalue weighted by atomic mass is 16.5. The number of nitrogens with one attached hydrogen (secondary N) is 3. The van der Waals surface area contributed by atoms with Gasteiger partial charge in [-0.1, -0.05) is 30.3 Å². The summed E-state index contributed by atoms with van der Waals surface area (Å²) in [4.78, 5) is 16.6. The molecule has 7 nitrogen and oxygen atoms in total. The molecule has 2 aromatic carbocycles. The van der Waals surface area contributed by atoms with Gasteiger partial charge in [0.25, 0.3) is 5.91 Å². The van der Waals surface area contributed by atoms with Crippen LogP contribution in [-0.4, -0.2) is 31.6 Å². The van der Waals surface area contributed by atoms with Gasteiger partial charge >= 0.3 is 0 Å². The van der Waals surface area contributed by atoms with Gasteiger partial charge in [-0.2, -0.15) is 0 Å². The first-order valence-electron chi connectivity index (χ1n) is 9.88. The third-order valence-corrected chi connectivity index (χ3v) is 4.13. The molecule has 0 bridgehead atoms. The standard InChI is InChI=1S/C23H26N4O3/c1-2-24-23(25-14-16-29-20-7-4-3-5-8-20)26-17-18-10-12-19(13-11-18)27-22(28)21-9-6-15-30-21/h3-13,15H,2,14,16-17H2,1H3,(H,27,28)(H2,24,25,26). The topological polar surface area (TPSA) is 87.9 Å². The summed E-state index contributed by atoms with van der Waals surface area (Å²) >= 11 is 0. The number of furan rings is 1. The number of rotatable bonds is 9. The molecule has 0 aliphatic carbocycles. The Balaban J connectivity index is 1.47. The van der Waals surface area contributed by atoms with E-state index in [1.807, 2.05) is 61.5 Å². The Hall–Kier alpha value is -3.74. The maximum Gasteiger partial charge on any atom is 0.291 e. The Bertz CT molecular complexity index is 923. The Labute approximate surface area is 176 Å². The number of guanidine groups is 1. The second-order valence-corrected chi connectivity index (χ2v) is 6.41. The minimum atomic E-state index is -0.276. The van der Waals surface area contributed by atoms with Crippen LogP contribution >= 0.6 is 0 Å². The number of nitrogens with zero attached hydrogens (tertiary/aromatic N) is 1. The van der Waals surface area contributed by atoms with Crippen molar-refractivity contribution in [1.29, 1.82) is 0 Å². The molecule has 3 N–H and O–H groups in total. The zero-order chi connectivity index (χ0) is 21.0. The molecule has 0 saturated heterocycles. The molecule has 3 rings (SSSR count). The van der Waals surface area contributed by atoms with E-state index in [9.17, 15) is 4.79 Å². The molecule has 1 aromatic heterocycles. The highest BCUT2D eigenvalue weighted by molar-refractivity contribution is 6.02. The summed E-state index contributed by atoms with van der Waals surface area (Å²) in [6, 6.07) is 20.6. The second-order valence-electron chi connectivity index (χ2n) is 6.41. The van der Waals surface area contributed by atoms with Crippen LogP contribution in [0.3, 0.4) is 0 Å². The predicted octanol–water partition coefficient (Wildman–Crippen LogP) is 3.67. The maximum atomic E-state index is 12.0. The van der Waals surface area contributed by atoms with Crippen LogP contribution in [0.15, 0.2) is 82.4 Å². The molecule has 0 atom stereocenters. The number of anilines is 1. The van der Waals surface area contributed by atoms with E-state index in [1.54, 1.807) is 12.1 Å². The molecule has 156 valence electrons. The van der Waals surface area contributed by atoms with E-state index in [-0.39, 0.29) is 11.7 Å². The fourth-order valence-electron chi connectivity index (χ4n) is 2.66. The third kappa shape index (κ3) is 6.70. The molecule has 0 saturated carbocycles. The molecule has 3 aromatic rings. The van der Waals surface area contributed by atoms with Crippen molar-refractivity contribution in [1.82, 2.24) is 10.6 Å². The van der Waals surface area contributed by atoms with Gasteiger partial charge < -0.3 is 25.1 Å². The van der Waals surface area contributed by atoms with Gasteiger partial charge in [-0.05, 0) is 48.9 Å². The van der Waals surface area contributed by atoms with Crippen molar-refractivity contribution < 1.29 is 13.9 Å². The molecule has 0 radical (unpaired) electrons. The smallest absolute Gasteiger partial charge is 0.291 e. The van der Waals surface area contributed by atoms with Gasteiger partial charge in [-0.15, -0.1) is 0 Å². The van der Waals surface area contributed by atoms with Crippen molar-refractivity contribution in [2.75, 3.05) is 25.0 Å². The number of benzene rings is 2. The van der Waals surface area contributed by atoms with Gasteiger partial charge in [0.15, 0.2) is 11.7 Å². The van der Waals surface area contributed by atoms with Crippen LogP contribution in [0.25, 0.3) is 0 Å². The number of amides is 1. The minimum Gasteiger partial charge on any atom is -0.492 e. The SMILES string of the molecule is CCNC(=NCc1ccc(NC(=O)c2ccco2)cc1)NCCOc1ccccc1. The predicted molar refractivity (Wildman–Crippen MR) is 118 cm³/mol. The fraction of sp³-hybridized carbons (Fsp3) is 0.217. The number of hydrogen-bond donors (Lipinski definition) is 3. The largest absolute Gasteiger partial charge is 0.492 e. The number of aliphatic imine (C=N–C) groups is 1. The lowest BCUT2D eigenvalue weighted by Crippen LogP contribution is -2.39. The van der Waals surface area contributed by atoms with Gasteiger partial charge in [0.2, 0.25) is 0 Å². The third-order valence-electron chi connectivity index (χ3n) is 4.13. The summed E-state index contributed by atoms with van der Waals surface area (Å²) in [7, 11) is 0. The monoisotopic (exact) mass is 406 g/mol. The lowest BCUT2D eigenvalue weighted by molar-refractivity contribution is 0.0996. The quantitative estimate of drug-likeness (QED) is 0.287. The molecule has 7 heteroatoms. The zero-order valence-corrected chi connectivity index (χ0v) is 16.9. The molecule has 1 heterocycles. The van der Waals surface area contributed by atoms with Crippen LogP contribution in [-0.2, 0) is 6.54 Å². The second kappa shape index (κ2) is 11.3. The lowest BCUT2D eigenvalue weighted by Gasteiger charge is -2.12. The Morgan fingerprint density at radius 2 is 1.80 bits per heavy atom. The van der Waals surface area contributed by atoms with Crippen molar-refractivity contribution in [2.24, 2.45) is 4.99 Å². The molecule has 1 amide bonds. The van der Waals surface area contributed by atoms with E-state index in [0.717, 1.165) is 23.8 Å². The van der Waals surface area contributed by atoms with Crippen LogP contribution in [0, 0.1) is 0 Å². The van der Waals surface area contributed by atoms with E-state index in [1.165, 1.54) is 6.26 Å². The van der Waals surface area contributed by atoms with E-state index in [0.29, 0.717) is 25.4 Å². The van der Waals surface area contributed by atoms with Gasteiger partial charge in [0.05, 0.1) is 19.4 Å². The number of para-hydroxylation sites is 1. The van der Waals surface area contributed by atoms with Crippen molar-refractivity contribution >= 4 is 17.6 Å². The molecule has 0 spiro atoms. The van der Waals surface area contributed by atoms with E-state index in [4.69, 9.17) is 9.15 Å². The first kappa shape index (κ1) is 21.0. The molecule has 0 fully saturated rings. The van der Waals surface area contributed by atoms with Gasteiger partial charge in [0.1, 0.15) is 12.4 Å². The fourth-order valence-corrected chi connectivity index (χ4v) is 2.66. The van der Waals surface area contributed by atoms with Crippen LogP contribution in [0.4, 0.5) is 5.69 Å². The lowest BCUT2D eigenvalue weighted by atomic mass is 10.2. The van der Waals surface area contributed by atoms with E-state index in [2.05, 4.69) is 20.9 Å². The summed E-state index contributed by atoms with van der Waals surface area (Å²) in [5.41, 5.74) is 1.73. The van der Waals surface area contributed by atoms with Crippen molar-refractivity contribution in [3.05, 3.63) is 84.3 Å². The van der Waals surface area contributed by atoms with Crippen LogP contribution in [0.2, 0.25) is 0 Å². The van der Waals surface area contributed by atoms with Gasteiger partial charge in [0, 0.05) is 12.2 Å². The maximum absolute atomic E-state index is 12.0. The first-order valence-corrected chi connectivity index (χ1v) is 9.88. The summed E-state index contributed by atoms with van der Waals surface area (Å²) in [5, 5.41) is 9.28. The number of carbonyl (C=O) groups excluding carboxylic acids is 1. The summed E-state index contributed by atoms with van der Waals surface area (Å²) in [6.07, 6.45) is 1.47. The normalized spacial score (nSPS) is 11.0. The van der Waals surface area contributed by atoms with Gasteiger partial charge in [-0.3, -0.25) is 4.79 Å². The summed E-state index contributed by atoms with van der Waals surface area (Å²) in [5.74, 6) is 1.58. The minimum absolute atomic E-state index is 0.276. The average molecular weight is 406 g/mol. The number of ether oxygens (including phenoxy) is 1. The summed E-state index contributed by atoms with van der Waals surface area (Å²) in [6.45, 7) is 4.48. The Morgan fingerprint density at radius 3 is 2.50 bits per heavy atom. The molecular weight excluding hydrogens is 380 g/mol. The molecule has 0 aliphatic rings. The zero-order valence-electron chi connectivity index (χ0n) is 16.9. The highest BCUT2D eigenvalue weighted by Crippen LogP contribution is 2.12. The highest BCUT2D eigenvalue weighted by Gasteiger charge is 2.08.